The minimum Gasteiger partial charge on any atom is -0.378 e. The molecule has 1 aliphatic rings. The maximum atomic E-state index is 12.5. The van der Waals surface area contributed by atoms with Crippen molar-refractivity contribution in [2.75, 3.05) is 31.2 Å². The molecule has 3 aromatic heterocycles. The molecule has 1 fully saturated rings. The highest BCUT2D eigenvalue weighted by molar-refractivity contribution is 7.15. The van der Waals surface area contributed by atoms with E-state index < -0.39 is 5.91 Å². The molecule has 1 amide bonds. The average Bonchev–Trinajstić information content (AvgIpc) is 3.17. The van der Waals surface area contributed by atoms with Gasteiger partial charge in [-0.25, -0.2) is 9.97 Å². The Balaban J connectivity index is 1.52. The molecule has 134 valence electrons. The molecule has 0 aromatic carbocycles. The number of carbonyl (C=O) groups is 1. The molecule has 0 unspecified atom stereocenters. The number of pyridine rings is 1. The Labute approximate surface area is 153 Å². The zero-order valence-corrected chi connectivity index (χ0v) is 14.7. The molecule has 0 aliphatic carbocycles. The van der Waals surface area contributed by atoms with Gasteiger partial charge in [0.15, 0.2) is 4.96 Å². The van der Waals surface area contributed by atoms with Crippen molar-refractivity contribution < 1.29 is 9.53 Å². The summed E-state index contributed by atoms with van der Waals surface area (Å²) in [6.07, 6.45) is 4.68. The van der Waals surface area contributed by atoms with Gasteiger partial charge < -0.3 is 15.0 Å². The Morgan fingerprint density at radius 3 is 3.00 bits per heavy atom. The normalized spacial score (nSPS) is 14.5. The number of amides is 1. The standard InChI is InChI=1S/C17H17N5O3S/c23-15(13-11-20-17-22(16(13)24)6-9-26-17)19-10-12-2-1-3-18-14(12)21-4-7-25-8-5-21/h1-3,6,9,11H,4-5,7-8,10H2,(H,19,23). The van der Waals surface area contributed by atoms with Gasteiger partial charge >= 0.3 is 0 Å². The van der Waals surface area contributed by atoms with Crippen LogP contribution in [0.2, 0.25) is 0 Å². The second-order valence-electron chi connectivity index (χ2n) is 5.80. The molecule has 8 nitrogen and oxygen atoms in total. The topological polar surface area (TPSA) is 88.8 Å². The van der Waals surface area contributed by atoms with E-state index in [-0.39, 0.29) is 17.7 Å². The predicted octanol–water partition coefficient (Wildman–Crippen LogP) is 0.918. The van der Waals surface area contributed by atoms with Crippen LogP contribution in [0.3, 0.4) is 0 Å². The van der Waals surface area contributed by atoms with E-state index in [4.69, 9.17) is 4.74 Å². The van der Waals surface area contributed by atoms with E-state index >= 15 is 0 Å². The van der Waals surface area contributed by atoms with Crippen molar-refractivity contribution in [2.24, 2.45) is 0 Å². The van der Waals surface area contributed by atoms with Gasteiger partial charge in [-0.1, -0.05) is 6.07 Å². The Morgan fingerprint density at radius 1 is 1.31 bits per heavy atom. The van der Waals surface area contributed by atoms with Gasteiger partial charge in [-0.05, 0) is 6.07 Å². The van der Waals surface area contributed by atoms with Crippen molar-refractivity contribution in [1.29, 1.82) is 0 Å². The number of aromatic nitrogens is 3. The SMILES string of the molecule is O=C(NCc1cccnc1N1CCOCC1)c1cnc2sccn2c1=O. The molecule has 4 heterocycles. The molecule has 0 saturated carbocycles. The van der Waals surface area contributed by atoms with Crippen molar-refractivity contribution in [2.45, 2.75) is 6.54 Å². The third-order valence-corrected chi connectivity index (χ3v) is 4.98. The van der Waals surface area contributed by atoms with Crippen LogP contribution in [0, 0.1) is 0 Å². The predicted molar refractivity (Wildman–Crippen MR) is 97.8 cm³/mol. The molecule has 0 atom stereocenters. The fraction of sp³-hybridized carbons (Fsp3) is 0.294. The maximum Gasteiger partial charge on any atom is 0.271 e. The van der Waals surface area contributed by atoms with Crippen molar-refractivity contribution >= 4 is 28.0 Å². The van der Waals surface area contributed by atoms with Crippen molar-refractivity contribution in [1.82, 2.24) is 19.7 Å². The summed E-state index contributed by atoms with van der Waals surface area (Å²) in [7, 11) is 0. The van der Waals surface area contributed by atoms with E-state index in [9.17, 15) is 9.59 Å². The van der Waals surface area contributed by atoms with Crippen molar-refractivity contribution in [3.05, 3.63) is 57.6 Å². The number of thiazole rings is 1. The molecule has 0 bridgehead atoms. The number of carbonyl (C=O) groups excluding carboxylic acids is 1. The summed E-state index contributed by atoms with van der Waals surface area (Å²) in [4.78, 5) is 36.2. The van der Waals surface area contributed by atoms with Crippen LogP contribution in [0.1, 0.15) is 15.9 Å². The van der Waals surface area contributed by atoms with Crippen LogP contribution in [0.15, 0.2) is 40.9 Å². The van der Waals surface area contributed by atoms with Gasteiger partial charge in [-0.2, -0.15) is 0 Å². The van der Waals surface area contributed by atoms with E-state index in [2.05, 4.69) is 20.2 Å². The number of hydrogen-bond acceptors (Lipinski definition) is 7. The fourth-order valence-corrected chi connectivity index (χ4v) is 3.55. The lowest BCUT2D eigenvalue weighted by Gasteiger charge is -2.29. The number of hydrogen-bond donors (Lipinski definition) is 1. The summed E-state index contributed by atoms with van der Waals surface area (Å²) >= 11 is 1.35. The van der Waals surface area contributed by atoms with Crippen LogP contribution >= 0.6 is 11.3 Å². The molecule has 4 rings (SSSR count). The first kappa shape index (κ1) is 16.7. The highest BCUT2D eigenvalue weighted by atomic mass is 32.1. The summed E-state index contributed by atoms with van der Waals surface area (Å²) in [5.74, 6) is 0.388. The van der Waals surface area contributed by atoms with Gasteiger partial charge in [0.2, 0.25) is 0 Å². The highest BCUT2D eigenvalue weighted by Crippen LogP contribution is 2.18. The molecule has 0 spiro atoms. The Bertz CT molecular complexity index is 993. The van der Waals surface area contributed by atoms with Crippen molar-refractivity contribution in [3.63, 3.8) is 0 Å². The quantitative estimate of drug-likeness (QED) is 0.734. The van der Waals surface area contributed by atoms with Crippen LogP contribution in [0.5, 0.6) is 0 Å². The third-order valence-electron chi connectivity index (χ3n) is 4.20. The summed E-state index contributed by atoms with van der Waals surface area (Å²) in [5.41, 5.74) is 0.554. The minimum absolute atomic E-state index is 0.0257. The van der Waals surface area contributed by atoms with E-state index in [1.54, 1.807) is 17.8 Å². The van der Waals surface area contributed by atoms with Gasteiger partial charge in [0, 0.05) is 49.2 Å². The number of nitrogens with one attached hydrogen (secondary N) is 1. The second-order valence-corrected chi connectivity index (χ2v) is 6.67. The smallest absolute Gasteiger partial charge is 0.271 e. The first-order chi connectivity index (χ1) is 12.7. The van der Waals surface area contributed by atoms with Crippen LogP contribution in [-0.2, 0) is 11.3 Å². The number of rotatable bonds is 4. The van der Waals surface area contributed by atoms with Crippen molar-refractivity contribution in [3.8, 4) is 0 Å². The minimum atomic E-state index is -0.445. The van der Waals surface area contributed by atoms with Crippen LogP contribution < -0.4 is 15.8 Å². The number of nitrogens with zero attached hydrogens (tertiary/aromatic N) is 4. The average molecular weight is 371 g/mol. The Kier molecular flexibility index (Phi) is 4.63. The summed E-state index contributed by atoms with van der Waals surface area (Å²) in [6.45, 7) is 3.12. The first-order valence-electron chi connectivity index (χ1n) is 8.23. The largest absolute Gasteiger partial charge is 0.378 e. The zero-order valence-electron chi connectivity index (χ0n) is 13.9. The lowest BCUT2D eigenvalue weighted by atomic mass is 10.2. The number of anilines is 1. The highest BCUT2D eigenvalue weighted by Gasteiger charge is 2.18. The van der Waals surface area contributed by atoms with E-state index in [0.29, 0.717) is 18.2 Å². The second kappa shape index (κ2) is 7.22. The van der Waals surface area contributed by atoms with E-state index in [1.807, 2.05) is 12.1 Å². The molecule has 1 N–H and O–H groups in total. The number of fused-ring (bicyclic) bond motifs is 1. The summed E-state index contributed by atoms with van der Waals surface area (Å²) in [6, 6.07) is 3.75. The van der Waals surface area contributed by atoms with E-state index in [0.717, 1.165) is 24.5 Å². The lowest BCUT2D eigenvalue weighted by Crippen LogP contribution is -2.38. The monoisotopic (exact) mass is 371 g/mol. The van der Waals surface area contributed by atoms with E-state index in [1.165, 1.54) is 21.9 Å². The van der Waals surface area contributed by atoms with Gasteiger partial charge in [0.1, 0.15) is 11.4 Å². The molecule has 0 radical (unpaired) electrons. The lowest BCUT2D eigenvalue weighted by molar-refractivity contribution is 0.0948. The van der Waals surface area contributed by atoms with Crippen LogP contribution in [0.25, 0.3) is 4.96 Å². The molecule has 26 heavy (non-hydrogen) atoms. The molecular weight excluding hydrogens is 354 g/mol. The first-order valence-corrected chi connectivity index (χ1v) is 9.11. The Morgan fingerprint density at radius 2 is 2.15 bits per heavy atom. The fourth-order valence-electron chi connectivity index (χ4n) is 2.88. The van der Waals surface area contributed by atoms with Gasteiger partial charge in [0.25, 0.3) is 11.5 Å². The molecule has 9 heteroatoms. The molecule has 1 saturated heterocycles. The molecular formula is C17H17N5O3S. The van der Waals surface area contributed by atoms with Gasteiger partial charge in [-0.3, -0.25) is 14.0 Å². The third kappa shape index (κ3) is 3.18. The summed E-state index contributed by atoms with van der Waals surface area (Å²) in [5, 5.41) is 4.57. The number of ether oxygens (including phenoxy) is 1. The van der Waals surface area contributed by atoms with Crippen LogP contribution in [-0.4, -0.2) is 46.6 Å². The van der Waals surface area contributed by atoms with Crippen LogP contribution in [0.4, 0.5) is 5.82 Å². The maximum absolute atomic E-state index is 12.5. The molecule has 3 aromatic rings. The van der Waals surface area contributed by atoms with Gasteiger partial charge in [0.05, 0.1) is 13.2 Å². The summed E-state index contributed by atoms with van der Waals surface area (Å²) < 4.78 is 6.75. The molecule has 1 aliphatic heterocycles. The number of morpholine rings is 1. The zero-order chi connectivity index (χ0) is 17.9. The van der Waals surface area contributed by atoms with Gasteiger partial charge in [-0.15, -0.1) is 11.3 Å². The Hall–Kier alpha value is -2.78.